The molecule has 0 bridgehead atoms. The number of alkyl carbamates (subject to hydrolysis) is 1. The van der Waals surface area contributed by atoms with Gasteiger partial charge in [-0.1, -0.05) is 25.5 Å². The van der Waals surface area contributed by atoms with Crippen LogP contribution in [0.2, 0.25) is 0 Å². The zero-order chi connectivity index (χ0) is 28.7. The Morgan fingerprint density at radius 2 is 1.92 bits per heavy atom. The Morgan fingerprint density at radius 3 is 2.54 bits per heavy atom. The summed E-state index contributed by atoms with van der Waals surface area (Å²) in [6, 6.07) is -1.95. The summed E-state index contributed by atoms with van der Waals surface area (Å²) < 4.78 is 10.8. The van der Waals surface area contributed by atoms with Crippen molar-refractivity contribution in [3.05, 3.63) is 22.8 Å². The molecule has 1 saturated carbocycles. The Morgan fingerprint density at radius 1 is 1.23 bits per heavy atom. The molecular formula is C30H44N2O7. The predicted molar refractivity (Wildman–Crippen MR) is 144 cm³/mol. The van der Waals surface area contributed by atoms with Gasteiger partial charge in [-0.2, -0.15) is 0 Å². The first-order chi connectivity index (χ1) is 18.3. The van der Waals surface area contributed by atoms with Gasteiger partial charge in [0.1, 0.15) is 17.7 Å². The molecule has 4 rings (SSSR count). The predicted octanol–water partition coefficient (Wildman–Crippen LogP) is 3.69. The van der Waals surface area contributed by atoms with Crippen LogP contribution in [0.3, 0.4) is 0 Å². The van der Waals surface area contributed by atoms with E-state index in [4.69, 9.17) is 9.47 Å². The van der Waals surface area contributed by atoms with Crippen LogP contribution in [0, 0.1) is 23.2 Å². The van der Waals surface area contributed by atoms with E-state index in [1.807, 2.05) is 0 Å². The van der Waals surface area contributed by atoms with Crippen molar-refractivity contribution in [2.24, 2.45) is 23.2 Å². The van der Waals surface area contributed by atoms with E-state index >= 15 is 0 Å². The fourth-order valence-corrected chi connectivity index (χ4v) is 6.74. The number of fused-ring (bicyclic) bond motifs is 1. The van der Waals surface area contributed by atoms with Crippen molar-refractivity contribution in [3.8, 4) is 0 Å². The zero-order valence-electron chi connectivity index (χ0n) is 24.2. The summed E-state index contributed by atoms with van der Waals surface area (Å²) in [7, 11) is 0. The number of aliphatic hydroxyl groups excluding tert-OH is 1. The summed E-state index contributed by atoms with van der Waals surface area (Å²) in [5.74, 6) is -0.151. The lowest BCUT2D eigenvalue weighted by Crippen LogP contribution is -2.54. The fraction of sp³-hybridized carbons (Fsp3) is 0.733. The molecule has 216 valence electrons. The van der Waals surface area contributed by atoms with Gasteiger partial charge in [0, 0.05) is 23.5 Å². The number of carbonyl (C=O) groups is 4. The van der Waals surface area contributed by atoms with Crippen LogP contribution < -0.4 is 5.32 Å². The van der Waals surface area contributed by atoms with Gasteiger partial charge in [-0.3, -0.25) is 9.59 Å². The number of ketones is 1. The topological polar surface area (TPSA) is 122 Å². The molecule has 4 aliphatic rings. The van der Waals surface area contributed by atoms with E-state index in [-0.39, 0.29) is 35.6 Å². The number of esters is 1. The molecule has 9 nitrogen and oxygen atoms in total. The molecule has 2 fully saturated rings. The van der Waals surface area contributed by atoms with E-state index in [0.717, 1.165) is 24.8 Å². The van der Waals surface area contributed by atoms with Crippen LogP contribution in [-0.2, 0) is 23.9 Å². The number of hydrogen-bond donors (Lipinski definition) is 2. The quantitative estimate of drug-likeness (QED) is 0.353. The maximum absolute atomic E-state index is 13.1. The van der Waals surface area contributed by atoms with Crippen molar-refractivity contribution >= 4 is 23.8 Å². The molecule has 1 spiro atoms. The highest BCUT2D eigenvalue weighted by Crippen LogP contribution is 2.64. The second kappa shape index (κ2) is 11.1. The van der Waals surface area contributed by atoms with Crippen molar-refractivity contribution in [1.29, 1.82) is 0 Å². The van der Waals surface area contributed by atoms with Gasteiger partial charge in [0.2, 0.25) is 5.91 Å². The first kappa shape index (κ1) is 29.3. The molecule has 5 atom stereocenters. The second-order valence-electron chi connectivity index (χ2n) is 12.7. The summed E-state index contributed by atoms with van der Waals surface area (Å²) in [6.07, 6.45) is 6.08. The number of Topliss-reactive ketones (excluding diaryl/α,β-unsaturated/α-hetero) is 1. The number of likely N-dealkylation sites (tertiary alicyclic amines) is 1. The second-order valence-corrected chi connectivity index (χ2v) is 12.7. The number of rotatable bonds is 8. The Bertz CT molecular complexity index is 1080. The van der Waals surface area contributed by atoms with Crippen LogP contribution in [0.25, 0.3) is 0 Å². The van der Waals surface area contributed by atoms with Gasteiger partial charge in [-0.05, 0) is 83.6 Å². The third-order valence-electron chi connectivity index (χ3n) is 9.04. The summed E-state index contributed by atoms with van der Waals surface area (Å²) in [5.41, 5.74) is 2.83. The molecule has 0 aromatic heterocycles. The molecule has 0 aromatic rings. The minimum Gasteiger partial charge on any atom is -0.464 e. The summed E-state index contributed by atoms with van der Waals surface area (Å²) >= 11 is 0. The number of hydrogen-bond acceptors (Lipinski definition) is 7. The highest BCUT2D eigenvalue weighted by Gasteiger charge is 2.57. The maximum atomic E-state index is 13.1. The van der Waals surface area contributed by atoms with Gasteiger partial charge >= 0.3 is 12.1 Å². The van der Waals surface area contributed by atoms with Crippen LogP contribution in [-0.4, -0.2) is 71.2 Å². The molecule has 9 heteroatoms. The highest BCUT2D eigenvalue weighted by atomic mass is 16.6. The number of carbonyl (C=O) groups excluding carboxylic acids is 4. The normalized spacial score (nSPS) is 28.2. The standard InChI is InChI=1S/C30H44N2O7/c1-17-15-21-24(18(2)30(11-12-30)19(3)25(21)34)20(17)9-8-14-38-27(36)23-10-7-13-32(23)26(35)22(16-33)31-28(37)39-29(4,5)6/h15,17,19-20,22-23,33H,7-14,16H2,1-6H3,(H,31,37)/t17?,19-,20?,22+,23+/m1/s1. The highest BCUT2D eigenvalue weighted by molar-refractivity contribution is 6.04. The molecule has 1 aliphatic heterocycles. The maximum Gasteiger partial charge on any atom is 0.408 e. The monoisotopic (exact) mass is 544 g/mol. The molecule has 0 radical (unpaired) electrons. The Hall–Kier alpha value is -2.68. The van der Waals surface area contributed by atoms with E-state index in [1.54, 1.807) is 20.8 Å². The molecule has 1 saturated heterocycles. The van der Waals surface area contributed by atoms with E-state index in [1.165, 1.54) is 16.0 Å². The van der Waals surface area contributed by atoms with Crippen molar-refractivity contribution in [2.45, 2.75) is 97.8 Å². The minimum absolute atomic E-state index is 0.0567. The van der Waals surface area contributed by atoms with Gasteiger partial charge < -0.3 is 24.8 Å². The number of ether oxygens (including phenoxy) is 2. The first-order valence-electron chi connectivity index (χ1n) is 14.4. The Balaban J connectivity index is 1.30. The number of nitrogens with one attached hydrogen (secondary N) is 1. The first-order valence-corrected chi connectivity index (χ1v) is 14.4. The van der Waals surface area contributed by atoms with Crippen molar-refractivity contribution in [1.82, 2.24) is 10.2 Å². The number of amides is 2. The minimum atomic E-state index is -1.20. The van der Waals surface area contributed by atoms with Crippen LogP contribution in [0.15, 0.2) is 22.8 Å². The van der Waals surface area contributed by atoms with Crippen LogP contribution in [0.1, 0.15) is 80.1 Å². The SMILES string of the molecule is CC1=C2C(=CC(C)C2CCCOC(=O)[C@@H]2CCCN2C(=O)[C@H](CO)NC(=O)OC(C)(C)C)C(=O)[C@@H](C)C12CC2. The third-order valence-corrected chi connectivity index (χ3v) is 9.04. The molecule has 0 aromatic carbocycles. The van der Waals surface area contributed by atoms with E-state index in [2.05, 4.69) is 32.2 Å². The zero-order valence-corrected chi connectivity index (χ0v) is 24.2. The smallest absolute Gasteiger partial charge is 0.408 e. The molecular weight excluding hydrogens is 500 g/mol. The number of nitrogens with zero attached hydrogens (tertiary/aromatic N) is 1. The van der Waals surface area contributed by atoms with Crippen LogP contribution >= 0.6 is 0 Å². The van der Waals surface area contributed by atoms with Crippen molar-refractivity contribution in [2.75, 3.05) is 19.8 Å². The summed E-state index contributed by atoms with van der Waals surface area (Å²) in [6.45, 7) is 11.5. The van der Waals surface area contributed by atoms with Crippen LogP contribution in [0.5, 0.6) is 0 Å². The van der Waals surface area contributed by atoms with Gasteiger partial charge in [-0.25, -0.2) is 9.59 Å². The lowest BCUT2D eigenvalue weighted by molar-refractivity contribution is -0.154. The Kier molecular flexibility index (Phi) is 8.31. The van der Waals surface area contributed by atoms with Gasteiger partial charge in [0.25, 0.3) is 0 Å². The number of allylic oxidation sites excluding steroid dienone is 4. The van der Waals surface area contributed by atoms with Crippen LogP contribution in [0.4, 0.5) is 4.79 Å². The summed E-state index contributed by atoms with van der Waals surface area (Å²) in [5, 5.41) is 12.1. The molecule has 2 unspecified atom stereocenters. The molecule has 1 heterocycles. The third kappa shape index (κ3) is 5.79. The van der Waals surface area contributed by atoms with E-state index in [9.17, 15) is 24.3 Å². The van der Waals surface area contributed by atoms with Crippen molar-refractivity contribution in [3.63, 3.8) is 0 Å². The van der Waals surface area contributed by atoms with Gasteiger partial charge in [0.05, 0.1) is 13.2 Å². The number of aliphatic hydroxyl groups is 1. The Labute approximate surface area is 231 Å². The lowest BCUT2D eigenvalue weighted by atomic mass is 9.69. The summed E-state index contributed by atoms with van der Waals surface area (Å²) in [4.78, 5) is 52.6. The fourth-order valence-electron chi connectivity index (χ4n) is 6.74. The lowest BCUT2D eigenvalue weighted by Gasteiger charge is -2.34. The largest absolute Gasteiger partial charge is 0.464 e. The average molecular weight is 545 g/mol. The van der Waals surface area contributed by atoms with E-state index < -0.39 is 42.3 Å². The average Bonchev–Trinajstić information content (AvgIpc) is 3.39. The van der Waals surface area contributed by atoms with Crippen molar-refractivity contribution < 1.29 is 33.8 Å². The van der Waals surface area contributed by atoms with Gasteiger partial charge in [0.15, 0.2) is 5.78 Å². The molecule has 2 amide bonds. The molecule has 39 heavy (non-hydrogen) atoms. The van der Waals surface area contributed by atoms with Gasteiger partial charge in [-0.15, -0.1) is 0 Å². The van der Waals surface area contributed by atoms with E-state index in [0.29, 0.717) is 25.8 Å². The molecule has 3 aliphatic carbocycles. The molecule has 2 N–H and O–H groups in total.